The lowest BCUT2D eigenvalue weighted by Gasteiger charge is -2.15. The number of hydrogen-bond donors (Lipinski definition) is 1. The smallest absolute Gasteiger partial charge is 0.253 e. The highest BCUT2D eigenvalue weighted by Crippen LogP contribution is 2.23. The molecule has 2 heterocycles. The number of nitrogens with zero attached hydrogens (tertiary/aromatic N) is 4. The fourth-order valence-electron chi connectivity index (χ4n) is 3.51. The lowest BCUT2D eigenvalue weighted by molar-refractivity contribution is 0.0950. The van der Waals surface area contributed by atoms with E-state index in [0.29, 0.717) is 28.8 Å². The Hall–Kier alpha value is -3.39. The minimum atomic E-state index is -0.123. The van der Waals surface area contributed by atoms with Crippen molar-refractivity contribution in [2.45, 2.75) is 51.3 Å². The van der Waals surface area contributed by atoms with E-state index >= 15 is 0 Å². The lowest BCUT2D eigenvalue weighted by atomic mass is 10.1. The third-order valence-electron chi connectivity index (χ3n) is 4.99. The molecule has 0 atom stereocenters. The molecular formula is C25H27N5O2S. The highest BCUT2D eigenvalue weighted by atomic mass is 32.2. The molecule has 0 radical (unpaired) electrons. The van der Waals surface area contributed by atoms with Gasteiger partial charge in [-0.25, -0.2) is 9.50 Å². The Balaban J connectivity index is 1.45. The van der Waals surface area contributed by atoms with Gasteiger partial charge < -0.3 is 10.1 Å². The van der Waals surface area contributed by atoms with Crippen molar-refractivity contribution >= 4 is 23.4 Å². The molecule has 0 bridgehead atoms. The molecule has 8 heteroatoms. The van der Waals surface area contributed by atoms with Crippen LogP contribution < -0.4 is 10.1 Å². The summed E-state index contributed by atoms with van der Waals surface area (Å²) < 4.78 is 7.60. The number of aromatic nitrogens is 4. The Morgan fingerprint density at radius 2 is 1.79 bits per heavy atom. The lowest BCUT2D eigenvalue weighted by Crippen LogP contribution is -2.24. The molecule has 170 valence electrons. The summed E-state index contributed by atoms with van der Waals surface area (Å²) in [6.45, 7) is 8.28. The van der Waals surface area contributed by atoms with Crippen LogP contribution in [0.25, 0.3) is 5.78 Å². The number of amides is 1. The standard InChI is InChI=1S/C25H27N5O2S/c1-16(2)32-22-12-8-6-9-19(22)14-26-23(31)21-11-7-5-10-20(21)15-33-25-28-24-27-17(3)13-18(4)30(24)29-25/h5-13,16H,14-15H2,1-4H3,(H,26,31). The maximum atomic E-state index is 13.0. The van der Waals surface area contributed by atoms with Crippen LogP contribution in [0.4, 0.5) is 0 Å². The van der Waals surface area contributed by atoms with Gasteiger partial charge in [0, 0.05) is 34.8 Å². The molecule has 2 aromatic heterocycles. The van der Waals surface area contributed by atoms with E-state index in [1.807, 2.05) is 82.3 Å². The molecule has 0 aliphatic carbocycles. The first-order valence-electron chi connectivity index (χ1n) is 10.8. The summed E-state index contributed by atoms with van der Waals surface area (Å²) in [5, 5.41) is 8.20. The molecule has 7 nitrogen and oxygen atoms in total. The van der Waals surface area contributed by atoms with Gasteiger partial charge in [-0.15, -0.1) is 5.10 Å². The molecule has 4 rings (SSSR count). The minimum absolute atomic E-state index is 0.0655. The number of aryl methyl sites for hydroxylation is 2. The Kier molecular flexibility index (Phi) is 6.93. The first-order chi connectivity index (χ1) is 15.9. The van der Waals surface area contributed by atoms with E-state index < -0.39 is 0 Å². The van der Waals surface area contributed by atoms with E-state index in [9.17, 15) is 4.79 Å². The molecule has 0 aliphatic rings. The number of ether oxygens (including phenoxy) is 1. The predicted octanol–water partition coefficient (Wildman–Crippen LogP) is 4.75. The number of para-hydroxylation sites is 1. The molecule has 0 saturated heterocycles. The summed E-state index contributed by atoms with van der Waals surface area (Å²) >= 11 is 1.49. The summed E-state index contributed by atoms with van der Waals surface area (Å²) in [6, 6.07) is 17.3. The largest absolute Gasteiger partial charge is 0.491 e. The zero-order valence-electron chi connectivity index (χ0n) is 19.2. The van der Waals surface area contributed by atoms with Crippen molar-refractivity contribution < 1.29 is 9.53 Å². The van der Waals surface area contributed by atoms with E-state index in [2.05, 4.69) is 20.4 Å². The molecule has 33 heavy (non-hydrogen) atoms. The van der Waals surface area contributed by atoms with Crippen LogP contribution in [-0.4, -0.2) is 31.6 Å². The molecule has 1 amide bonds. The van der Waals surface area contributed by atoms with Crippen molar-refractivity contribution in [3.8, 4) is 5.75 Å². The number of fused-ring (bicyclic) bond motifs is 1. The van der Waals surface area contributed by atoms with Gasteiger partial charge in [-0.1, -0.05) is 48.2 Å². The summed E-state index contributed by atoms with van der Waals surface area (Å²) in [5.74, 6) is 1.82. The van der Waals surface area contributed by atoms with Gasteiger partial charge in [0.1, 0.15) is 5.75 Å². The monoisotopic (exact) mass is 461 g/mol. The molecule has 1 N–H and O–H groups in total. The summed E-state index contributed by atoms with van der Waals surface area (Å²) in [7, 11) is 0. The summed E-state index contributed by atoms with van der Waals surface area (Å²) in [6.07, 6.45) is 0.0655. The second kappa shape index (κ2) is 10.0. The number of thioether (sulfide) groups is 1. The number of hydrogen-bond acceptors (Lipinski definition) is 6. The zero-order valence-corrected chi connectivity index (χ0v) is 20.0. The Morgan fingerprint density at radius 1 is 1.06 bits per heavy atom. The first kappa shape index (κ1) is 22.8. The Labute approximate surface area is 197 Å². The SMILES string of the molecule is Cc1cc(C)n2nc(SCc3ccccc3C(=O)NCc3ccccc3OC(C)C)nc2n1. The quantitative estimate of drug-likeness (QED) is 0.381. The topological polar surface area (TPSA) is 81.4 Å². The van der Waals surface area contributed by atoms with Crippen molar-refractivity contribution in [3.63, 3.8) is 0 Å². The van der Waals surface area contributed by atoms with Crippen LogP contribution in [-0.2, 0) is 12.3 Å². The Bertz CT molecular complexity index is 1290. The predicted molar refractivity (Wildman–Crippen MR) is 130 cm³/mol. The van der Waals surface area contributed by atoms with E-state index in [1.165, 1.54) is 11.8 Å². The van der Waals surface area contributed by atoms with Crippen LogP contribution in [0.15, 0.2) is 59.8 Å². The van der Waals surface area contributed by atoms with E-state index in [0.717, 1.165) is 28.3 Å². The van der Waals surface area contributed by atoms with Crippen molar-refractivity contribution in [2.75, 3.05) is 0 Å². The van der Waals surface area contributed by atoms with Gasteiger partial charge in [-0.3, -0.25) is 4.79 Å². The van der Waals surface area contributed by atoms with E-state index in [1.54, 1.807) is 4.52 Å². The second-order valence-corrected chi connectivity index (χ2v) is 8.99. The maximum absolute atomic E-state index is 13.0. The van der Waals surface area contributed by atoms with Crippen LogP contribution in [0.5, 0.6) is 5.75 Å². The van der Waals surface area contributed by atoms with Gasteiger partial charge in [-0.05, 0) is 51.5 Å². The average molecular weight is 462 g/mol. The number of benzene rings is 2. The fourth-order valence-corrected chi connectivity index (χ4v) is 4.33. The number of carbonyl (C=O) groups is 1. The highest BCUT2D eigenvalue weighted by molar-refractivity contribution is 7.98. The fraction of sp³-hybridized carbons (Fsp3) is 0.280. The third-order valence-corrected chi connectivity index (χ3v) is 5.88. The van der Waals surface area contributed by atoms with Crippen molar-refractivity contribution in [1.29, 1.82) is 0 Å². The van der Waals surface area contributed by atoms with Crippen LogP contribution >= 0.6 is 11.8 Å². The highest BCUT2D eigenvalue weighted by Gasteiger charge is 2.14. The average Bonchev–Trinajstić information content (AvgIpc) is 3.20. The Morgan fingerprint density at radius 3 is 2.58 bits per heavy atom. The molecule has 0 fully saturated rings. The van der Waals surface area contributed by atoms with Crippen molar-refractivity contribution in [3.05, 3.63) is 82.7 Å². The van der Waals surface area contributed by atoms with Crippen LogP contribution in [0.3, 0.4) is 0 Å². The number of carbonyl (C=O) groups excluding carboxylic acids is 1. The number of rotatable bonds is 8. The van der Waals surface area contributed by atoms with Gasteiger partial charge in [0.05, 0.1) is 6.10 Å². The van der Waals surface area contributed by atoms with Gasteiger partial charge in [-0.2, -0.15) is 4.98 Å². The van der Waals surface area contributed by atoms with Crippen LogP contribution in [0, 0.1) is 13.8 Å². The van der Waals surface area contributed by atoms with Gasteiger partial charge in [0.15, 0.2) is 0 Å². The third kappa shape index (κ3) is 5.51. The van der Waals surface area contributed by atoms with Gasteiger partial charge in [0.25, 0.3) is 11.7 Å². The van der Waals surface area contributed by atoms with Crippen molar-refractivity contribution in [1.82, 2.24) is 24.9 Å². The van der Waals surface area contributed by atoms with Gasteiger partial charge >= 0.3 is 0 Å². The molecule has 0 aliphatic heterocycles. The first-order valence-corrected chi connectivity index (χ1v) is 11.8. The van der Waals surface area contributed by atoms with Crippen molar-refractivity contribution in [2.24, 2.45) is 0 Å². The van der Waals surface area contributed by atoms with Gasteiger partial charge in [0.2, 0.25) is 5.16 Å². The molecule has 0 spiro atoms. The second-order valence-electron chi connectivity index (χ2n) is 8.05. The van der Waals surface area contributed by atoms with Crippen LogP contribution in [0.2, 0.25) is 0 Å². The van der Waals surface area contributed by atoms with E-state index in [4.69, 9.17) is 4.74 Å². The normalized spacial score (nSPS) is 11.2. The molecule has 4 aromatic rings. The van der Waals surface area contributed by atoms with E-state index in [-0.39, 0.29) is 12.0 Å². The number of nitrogens with one attached hydrogen (secondary N) is 1. The van der Waals surface area contributed by atoms with Crippen LogP contribution in [0.1, 0.15) is 46.7 Å². The minimum Gasteiger partial charge on any atom is -0.491 e. The molecule has 0 saturated carbocycles. The summed E-state index contributed by atoms with van der Waals surface area (Å²) in [4.78, 5) is 22.0. The maximum Gasteiger partial charge on any atom is 0.253 e. The zero-order chi connectivity index (χ0) is 23.4. The molecule has 2 aromatic carbocycles. The summed E-state index contributed by atoms with van der Waals surface area (Å²) in [5.41, 5.74) is 4.40. The molecular weight excluding hydrogens is 434 g/mol. The molecule has 0 unspecified atom stereocenters.